The van der Waals surface area contributed by atoms with Gasteiger partial charge in [0.1, 0.15) is 0 Å². The fourth-order valence-corrected chi connectivity index (χ4v) is 8.67. The Morgan fingerprint density at radius 1 is 0.972 bits per heavy atom. The lowest BCUT2D eigenvalue weighted by molar-refractivity contribution is 0.167. The third kappa shape index (κ3) is 5.46. The molecule has 3 aromatic rings. The SMILES string of the molecule is O=S1CC2(CCN(CC[C@H](CNS(=O)(=O)c3ccccc3)c3cccc(Cl)c3)CC2)c2ccccc21. The van der Waals surface area contributed by atoms with E-state index in [0.29, 0.717) is 11.6 Å². The predicted molar refractivity (Wildman–Crippen MR) is 146 cm³/mol. The number of nitrogens with one attached hydrogen (secondary N) is 1. The number of benzene rings is 3. The number of piperidine rings is 1. The third-order valence-electron chi connectivity index (χ3n) is 7.61. The number of rotatable bonds is 8. The molecule has 1 spiro atoms. The third-order valence-corrected chi connectivity index (χ3v) is 10.9. The van der Waals surface area contributed by atoms with Crippen molar-refractivity contribution in [2.75, 3.05) is 31.9 Å². The molecule has 1 fully saturated rings. The summed E-state index contributed by atoms with van der Waals surface area (Å²) in [5, 5.41) is 0.649. The standard InChI is InChI=1S/C28H31ClN2O3S2/c29-24-8-6-7-22(19-24)23(20-30-36(33,34)25-9-2-1-3-10-25)13-16-31-17-14-28(15-18-31)21-35(32)27-12-5-4-11-26(27)28/h1-12,19,23,30H,13-18,20-21H2/t23-,35?/m1/s1. The molecule has 8 heteroatoms. The lowest BCUT2D eigenvalue weighted by atomic mass is 9.74. The van der Waals surface area contributed by atoms with E-state index in [1.165, 1.54) is 5.56 Å². The Labute approximate surface area is 221 Å². The van der Waals surface area contributed by atoms with Crippen molar-refractivity contribution < 1.29 is 12.6 Å². The molecule has 36 heavy (non-hydrogen) atoms. The smallest absolute Gasteiger partial charge is 0.240 e. The maximum atomic E-state index is 12.8. The van der Waals surface area contributed by atoms with Crippen LogP contribution >= 0.6 is 11.6 Å². The van der Waals surface area contributed by atoms with Gasteiger partial charge in [-0.05, 0) is 86.3 Å². The number of hydrogen-bond acceptors (Lipinski definition) is 4. The van der Waals surface area contributed by atoms with Crippen molar-refractivity contribution in [3.8, 4) is 0 Å². The average molecular weight is 543 g/mol. The summed E-state index contributed by atoms with van der Waals surface area (Å²) in [5.41, 5.74) is 2.33. The monoisotopic (exact) mass is 542 g/mol. The molecule has 190 valence electrons. The van der Waals surface area contributed by atoms with Crippen molar-refractivity contribution in [1.29, 1.82) is 0 Å². The zero-order chi connectivity index (χ0) is 25.2. The van der Waals surface area contributed by atoms with E-state index < -0.39 is 20.8 Å². The van der Waals surface area contributed by atoms with E-state index in [4.69, 9.17) is 11.6 Å². The molecule has 2 atom stereocenters. The van der Waals surface area contributed by atoms with Crippen LogP contribution in [0.2, 0.25) is 5.02 Å². The lowest BCUT2D eigenvalue weighted by Crippen LogP contribution is -2.44. The second-order valence-corrected chi connectivity index (χ2v) is 13.4. The largest absolute Gasteiger partial charge is 0.303 e. The summed E-state index contributed by atoms with van der Waals surface area (Å²) in [6, 6.07) is 24.4. The number of halogens is 1. The van der Waals surface area contributed by atoms with Gasteiger partial charge in [-0.25, -0.2) is 13.1 Å². The van der Waals surface area contributed by atoms with Gasteiger partial charge in [0.25, 0.3) is 0 Å². The highest BCUT2D eigenvalue weighted by Crippen LogP contribution is 2.44. The number of nitrogens with zero attached hydrogens (tertiary/aromatic N) is 1. The highest BCUT2D eigenvalue weighted by Gasteiger charge is 2.44. The normalized spacial score (nSPS) is 20.3. The van der Waals surface area contributed by atoms with Crippen LogP contribution in [-0.4, -0.2) is 49.5 Å². The number of hydrogen-bond donors (Lipinski definition) is 1. The quantitative estimate of drug-likeness (QED) is 0.437. The molecule has 3 aromatic carbocycles. The highest BCUT2D eigenvalue weighted by atomic mass is 35.5. The van der Waals surface area contributed by atoms with Gasteiger partial charge >= 0.3 is 0 Å². The Bertz CT molecular complexity index is 1340. The number of sulfonamides is 1. The van der Waals surface area contributed by atoms with Gasteiger partial charge in [-0.2, -0.15) is 0 Å². The fourth-order valence-electron chi connectivity index (χ4n) is 5.51. The first-order chi connectivity index (χ1) is 17.4. The molecule has 0 bridgehead atoms. The summed E-state index contributed by atoms with van der Waals surface area (Å²) in [4.78, 5) is 3.74. The van der Waals surface area contributed by atoms with E-state index in [0.717, 1.165) is 55.1 Å². The van der Waals surface area contributed by atoms with Crippen molar-refractivity contribution in [2.45, 2.75) is 40.4 Å². The van der Waals surface area contributed by atoms with Crippen LogP contribution in [0.4, 0.5) is 0 Å². The summed E-state index contributed by atoms with van der Waals surface area (Å²) in [5.74, 6) is 0.727. The van der Waals surface area contributed by atoms with Crippen LogP contribution in [0.5, 0.6) is 0 Å². The zero-order valence-corrected chi connectivity index (χ0v) is 22.5. The van der Waals surface area contributed by atoms with Crippen molar-refractivity contribution in [3.63, 3.8) is 0 Å². The number of fused-ring (bicyclic) bond motifs is 2. The summed E-state index contributed by atoms with van der Waals surface area (Å²) in [6.45, 7) is 3.07. The molecule has 2 heterocycles. The van der Waals surface area contributed by atoms with E-state index in [-0.39, 0.29) is 16.2 Å². The molecule has 2 aliphatic heterocycles. The maximum absolute atomic E-state index is 12.8. The highest BCUT2D eigenvalue weighted by molar-refractivity contribution is 7.89. The Balaban J connectivity index is 1.24. The lowest BCUT2D eigenvalue weighted by Gasteiger charge is -2.40. The van der Waals surface area contributed by atoms with Crippen molar-refractivity contribution in [3.05, 3.63) is 95.0 Å². The van der Waals surface area contributed by atoms with Crippen LogP contribution in [-0.2, 0) is 26.2 Å². The van der Waals surface area contributed by atoms with Gasteiger partial charge in [0.2, 0.25) is 10.0 Å². The molecule has 0 aromatic heterocycles. The predicted octanol–water partition coefficient (Wildman–Crippen LogP) is 4.95. The van der Waals surface area contributed by atoms with Crippen molar-refractivity contribution >= 4 is 32.4 Å². The van der Waals surface area contributed by atoms with Gasteiger partial charge in [-0.3, -0.25) is 4.21 Å². The molecule has 0 radical (unpaired) electrons. The molecule has 0 saturated carbocycles. The van der Waals surface area contributed by atoms with Crippen LogP contribution in [0.15, 0.2) is 88.7 Å². The number of likely N-dealkylation sites (tertiary alicyclic amines) is 1. The van der Waals surface area contributed by atoms with Crippen molar-refractivity contribution in [1.82, 2.24) is 9.62 Å². The first-order valence-corrected chi connectivity index (χ1v) is 15.5. The molecule has 1 N–H and O–H groups in total. The molecule has 1 unspecified atom stereocenters. The van der Waals surface area contributed by atoms with Gasteiger partial charge in [-0.15, -0.1) is 0 Å². The molecular weight excluding hydrogens is 512 g/mol. The molecule has 2 aliphatic rings. The minimum Gasteiger partial charge on any atom is -0.303 e. The summed E-state index contributed by atoms with van der Waals surface area (Å²) >= 11 is 6.27. The first-order valence-electron chi connectivity index (χ1n) is 12.4. The Morgan fingerprint density at radius 2 is 1.69 bits per heavy atom. The zero-order valence-electron chi connectivity index (χ0n) is 20.1. The molecule has 0 aliphatic carbocycles. The fraction of sp³-hybridized carbons (Fsp3) is 0.357. The van der Waals surface area contributed by atoms with Gasteiger partial charge in [0, 0.05) is 27.6 Å². The van der Waals surface area contributed by atoms with E-state index in [9.17, 15) is 12.6 Å². The van der Waals surface area contributed by atoms with Crippen molar-refractivity contribution in [2.24, 2.45) is 0 Å². The molecule has 5 rings (SSSR count). The maximum Gasteiger partial charge on any atom is 0.240 e. The van der Waals surface area contributed by atoms with E-state index in [1.807, 2.05) is 36.4 Å². The summed E-state index contributed by atoms with van der Waals surface area (Å²) < 4.78 is 41.2. The van der Waals surface area contributed by atoms with E-state index in [1.54, 1.807) is 30.3 Å². The molecular formula is C28H31ClN2O3S2. The topological polar surface area (TPSA) is 66.5 Å². The summed E-state index contributed by atoms with van der Waals surface area (Å²) in [6.07, 6.45) is 2.81. The molecule has 1 saturated heterocycles. The van der Waals surface area contributed by atoms with Gasteiger partial charge in [0.05, 0.1) is 15.7 Å². The van der Waals surface area contributed by atoms with Crippen LogP contribution in [0.25, 0.3) is 0 Å². The first kappa shape index (κ1) is 25.6. The molecule has 5 nitrogen and oxygen atoms in total. The average Bonchev–Trinajstić information content (AvgIpc) is 3.17. The minimum atomic E-state index is -3.59. The van der Waals surface area contributed by atoms with Gasteiger partial charge < -0.3 is 4.90 Å². The van der Waals surface area contributed by atoms with Crippen LogP contribution in [0.3, 0.4) is 0 Å². The van der Waals surface area contributed by atoms with Gasteiger partial charge in [-0.1, -0.05) is 60.1 Å². The van der Waals surface area contributed by atoms with Crippen LogP contribution in [0.1, 0.15) is 36.3 Å². The van der Waals surface area contributed by atoms with E-state index >= 15 is 0 Å². The summed E-state index contributed by atoms with van der Waals surface area (Å²) in [7, 11) is -4.50. The molecule has 0 amide bonds. The van der Waals surface area contributed by atoms with Crippen LogP contribution in [0, 0.1) is 0 Å². The Hall–Kier alpha value is -2.03. The van der Waals surface area contributed by atoms with Gasteiger partial charge in [0.15, 0.2) is 0 Å². The van der Waals surface area contributed by atoms with E-state index in [2.05, 4.69) is 21.8 Å². The second-order valence-electron chi connectivity index (χ2n) is 9.81. The van der Waals surface area contributed by atoms with Crippen LogP contribution < -0.4 is 4.72 Å². The Morgan fingerprint density at radius 3 is 2.44 bits per heavy atom. The second kappa shape index (κ2) is 10.8. The minimum absolute atomic E-state index is 0.00205. The Kier molecular flexibility index (Phi) is 7.65.